The minimum atomic E-state index is -4.35. The van der Waals surface area contributed by atoms with Crippen LogP contribution in [-0.4, -0.2) is 35.6 Å². The monoisotopic (exact) mass is 444 g/mol. The topological polar surface area (TPSA) is 43.2 Å². The predicted molar refractivity (Wildman–Crippen MR) is 117 cm³/mol. The quantitative estimate of drug-likeness (QED) is 0.540. The van der Waals surface area contributed by atoms with Crippen molar-refractivity contribution < 1.29 is 13.2 Å². The lowest BCUT2D eigenvalue weighted by atomic mass is 10.0. The number of nitrogens with zero attached hydrogens (tertiary/aromatic N) is 4. The van der Waals surface area contributed by atoms with Crippen LogP contribution in [0, 0.1) is 18.3 Å². The Labute approximate surface area is 183 Å². The average molecular weight is 445 g/mol. The first-order chi connectivity index (χ1) is 14.7. The Morgan fingerprint density at radius 3 is 2.65 bits per heavy atom. The Balaban J connectivity index is 1.47. The summed E-state index contributed by atoms with van der Waals surface area (Å²) in [6.07, 6.45) is -3.94. The molecule has 1 unspecified atom stereocenters. The van der Waals surface area contributed by atoms with Crippen molar-refractivity contribution in [1.29, 1.82) is 5.26 Å². The lowest BCUT2D eigenvalue weighted by Crippen LogP contribution is -2.51. The van der Waals surface area contributed by atoms with Gasteiger partial charge in [0.15, 0.2) is 5.13 Å². The third-order valence-electron chi connectivity index (χ3n) is 5.55. The highest BCUT2D eigenvalue weighted by Gasteiger charge is 2.31. The SMILES string of the molecule is Cc1cc(CC#N)cc(CN2CCN(c3nc4ccc(C(F)(F)F)cc4s3)C(C)C2)c1. The van der Waals surface area contributed by atoms with Gasteiger partial charge in [0.2, 0.25) is 0 Å². The Morgan fingerprint density at radius 2 is 1.94 bits per heavy atom. The summed E-state index contributed by atoms with van der Waals surface area (Å²) in [5.41, 5.74) is 3.36. The van der Waals surface area contributed by atoms with Gasteiger partial charge in [0, 0.05) is 32.2 Å². The van der Waals surface area contributed by atoms with Gasteiger partial charge in [-0.05, 0) is 43.2 Å². The van der Waals surface area contributed by atoms with Crippen molar-refractivity contribution in [3.63, 3.8) is 0 Å². The second kappa shape index (κ2) is 8.48. The van der Waals surface area contributed by atoms with Crippen LogP contribution in [0.3, 0.4) is 0 Å². The Kier molecular flexibility index (Phi) is 5.91. The molecule has 1 saturated heterocycles. The number of nitriles is 1. The van der Waals surface area contributed by atoms with Crippen molar-refractivity contribution in [1.82, 2.24) is 9.88 Å². The minimum absolute atomic E-state index is 0.194. The lowest BCUT2D eigenvalue weighted by Gasteiger charge is -2.39. The third kappa shape index (κ3) is 4.83. The molecule has 0 aliphatic carbocycles. The normalized spacial score (nSPS) is 17.8. The highest BCUT2D eigenvalue weighted by atomic mass is 32.1. The van der Waals surface area contributed by atoms with E-state index in [-0.39, 0.29) is 6.04 Å². The molecule has 8 heteroatoms. The molecule has 4 nitrogen and oxygen atoms in total. The number of thiazole rings is 1. The smallest absolute Gasteiger partial charge is 0.343 e. The van der Waals surface area contributed by atoms with E-state index in [2.05, 4.69) is 39.9 Å². The molecule has 2 heterocycles. The van der Waals surface area contributed by atoms with Crippen LogP contribution in [-0.2, 0) is 19.1 Å². The molecule has 1 atom stereocenters. The number of halogens is 3. The number of hydrogen-bond donors (Lipinski definition) is 0. The maximum Gasteiger partial charge on any atom is 0.416 e. The summed E-state index contributed by atoms with van der Waals surface area (Å²) in [5.74, 6) is 0. The molecule has 3 aromatic rings. The number of fused-ring (bicyclic) bond motifs is 1. The number of piperazine rings is 1. The van der Waals surface area contributed by atoms with Crippen molar-refractivity contribution >= 4 is 26.7 Å². The van der Waals surface area contributed by atoms with Gasteiger partial charge in [0.25, 0.3) is 0 Å². The van der Waals surface area contributed by atoms with E-state index in [4.69, 9.17) is 5.26 Å². The number of hydrogen-bond acceptors (Lipinski definition) is 5. The van der Waals surface area contributed by atoms with Crippen LogP contribution < -0.4 is 4.90 Å². The predicted octanol–water partition coefficient (Wildman–Crippen LogP) is 5.40. The zero-order valence-corrected chi connectivity index (χ0v) is 18.2. The second-order valence-corrected chi connectivity index (χ2v) is 9.13. The fraction of sp³-hybridized carbons (Fsp3) is 0.391. The maximum absolute atomic E-state index is 13.0. The molecule has 1 aromatic heterocycles. The molecule has 2 aromatic carbocycles. The number of aromatic nitrogens is 1. The molecule has 1 aliphatic heterocycles. The number of benzene rings is 2. The van der Waals surface area contributed by atoms with E-state index in [0.29, 0.717) is 16.6 Å². The Bertz CT molecular complexity index is 1130. The molecular formula is C23H23F3N4S. The zero-order chi connectivity index (χ0) is 22.2. The molecule has 1 fully saturated rings. The largest absolute Gasteiger partial charge is 0.416 e. The first-order valence-electron chi connectivity index (χ1n) is 10.2. The molecule has 0 radical (unpaired) electrons. The van der Waals surface area contributed by atoms with Gasteiger partial charge < -0.3 is 4.90 Å². The molecular weight excluding hydrogens is 421 g/mol. The molecule has 0 bridgehead atoms. The van der Waals surface area contributed by atoms with Crippen molar-refractivity contribution in [3.8, 4) is 6.07 Å². The van der Waals surface area contributed by atoms with Crippen LogP contribution in [0.2, 0.25) is 0 Å². The Morgan fingerprint density at radius 1 is 1.16 bits per heavy atom. The first-order valence-corrected chi connectivity index (χ1v) is 11.0. The molecule has 162 valence electrons. The van der Waals surface area contributed by atoms with E-state index in [1.807, 2.05) is 13.0 Å². The zero-order valence-electron chi connectivity index (χ0n) is 17.4. The molecule has 4 rings (SSSR count). The van der Waals surface area contributed by atoms with Crippen LogP contribution in [0.5, 0.6) is 0 Å². The van der Waals surface area contributed by atoms with Crippen molar-refractivity contribution in [2.75, 3.05) is 24.5 Å². The van der Waals surface area contributed by atoms with E-state index >= 15 is 0 Å². The van der Waals surface area contributed by atoms with Gasteiger partial charge in [-0.25, -0.2) is 4.98 Å². The van der Waals surface area contributed by atoms with E-state index < -0.39 is 11.7 Å². The van der Waals surface area contributed by atoms with E-state index in [1.54, 1.807) is 0 Å². The summed E-state index contributed by atoms with van der Waals surface area (Å²) < 4.78 is 39.6. The highest BCUT2D eigenvalue weighted by molar-refractivity contribution is 7.22. The minimum Gasteiger partial charge on any atom is -0.343 e. The second-order valence-electron chi connectivity index (χ2n) is 8.12. The summed E-state index contributed by atoms with van der Waals surface area (Å²) in [5, 5.41) is 9.75. The summed E-state index contributed by atoms with van der Waals surface area (Å²) in [4.78, 5) is 9.15. The van der Waals surface area contributed by atoms with Crippen LogP contribution in [0.1, 0.15) is 29.2 Å². The first kappa shape index (κ1) is 21.6. The average Bonchev–Trinajstić information content (AvgIpc) is 3.10. The molecule has 31 heavy (non-hydrogen) atoms. The van der Waals surface area contributed by atoms with Crippen molar-refractivity contribution in [3.05, 3.63) is 58.7 Å². The van der Waals surface area contributed by atoms with Crippen LogP contribution in [0.4, 0.5) is 18.3 Å². The lowest BCUT2D eigenvalue weighted by molar-refractivity contribution is -0.137. The van der Waals surface area contributed by atoms with Gasteiger partial charge in [-0.1, -0.05) is 35.1 Å². The van der Waals surface area contributed by atoms with Crippen LogP contribution in [0.25, 0.3) is 10.2 Å². The summed E-state index contributed by atoms with van der Waals surface area (Å²) in [6.45, 7) is 7.43. The molecule has 1 aliphatic rings. The van der Waals surface area contributed by atoms with E-state index in [1.165, 1.54) is 29.0 Å². The highest BCUT2D eigenvalue weighted by Crippen LogP contribution is 2.36. The van der Waals surface area contributed by atoms with Gasteiger partial charge in [0.1, 0.15) is 0 Å². The van der Waals surface area contributed by atoms with E-state index in [0.717, 1.165) is 48.5 Å². The van der Waals surface area contributed by atoms with Crippen molar-refractivity contribution in [2.45, 2.75) is 39.0 Å². The summed E-state index contributed by atoms with van der Waals surface area (Å²) >= 11 is 1.32. The maximum atomic E-state index is 13.0. The summed E-state index contributed by atoms with van der Waals surface area (Å²) in [7, 11) is 0. The van der Waals surface area contributed by atoms with Crippen molar-refractivity contribution in [2.24, 2.45) is 0 Å². The van der Waals surface area contributed by atoms with Crippen LogP contribution >= 0.6 is 11.3 Å². The number of aryl methyl sites for hydroxylation is 1. The van der Waals surface area contributed by atoms with Crippen LogP contribution in [0.15, 0.2) is 36.4 Å². The third-order valence-corrected chi connectivity index (χ3v) is 6.60. The fourth-order valence-electron chi connectivity index (χ4n) is 4.16. The van der Waals surface area contributed by atoms with Gasteiger partial charge in [-0.15, -0.1) is 0 Å². The number of rotatable bonds is 4. The molecule has 0 amide bonds. The number of anilines is 1. The van der Waals surface area contributed by atoms with E-state index in [9.17, 15) is 13.2 Å². The molecule has 0 saturated carbocycles. The number of alkyl halides is 3. The van der Waals surface area contributed by atoms with Gasteiger partial charge in [0.05, 0.1) is 28.3 Å². The van der Waals surface area contributed by atoms with Gasteiger partial charge >= 0.3 is 6.18 Å². The summed E-state index contributed by atoms with van der Waals surface area (Å²) in [6, 6.07) is 12.4. The molecule has 0 spiro atoms. The molecule has 0 N–H and O–H groups in total. The van der Waals surface area contributed by atoms with Gasteiger partial charge in [-0.3, -0.25) is 4.90 Å². The standard InChI is InChI=1S/C23H23F3N4S/c1-15-9-17(5-6-27)11-18(10-15)14-29-7-8-30(16(2)13-29)22-28-20-4-3-19(23(24,25)26)12-21(20)31-22/h3-4,9-12,16H,5,7-8,13-14H2,1-2H3. The fourth-order valence-corrected chi connectivity index (χ4v) is 5.30. The van der Waals surface area contributed by atoms with Gasteiger partial charge in [-0.2, -0.15) is 18.4 Å². The Hall–Kier alpha value is -2.63.